The number of hydrogen-bond acceptors (Lipinski definition) is 3. The van der Waals surface area contributed by atoms with Crippen molar-refractivity contribution in [3.05, 3.63) is 24.0 Å². The molecule has 0 atom stereocenters. The lowest BCUT2D eigenvalue weighted by atomic mass is 10.1. The third kappa shape index (κ3) is 4.36. The van der Waals surface area contributed by atoms with Crippen LogP contribution in [0.3, 0.4) is 0 Å². The molecule has 0 radical (unpaired) electrons. The van der Waals surface area contributed by atoms with Crippen molar-refractivity contribution in [1.29, 1.82) is 0 Å². The van der Waals surface area contributed by atoms with E-state index in [1.54, 1.807) is 0 Å². The minimum atomic E-state index is 0.0841. The predicted octanol–water partition coefficient (Wildman–Crippen LogP) is 0.893. The maximum absolute atomic E-state index is 12.0. The number of rotatable bonds is 6. The molecule has 1 aromatic rings. The second-order valence-electron chi connectivity index (χ2n) is 4.86. The van der Waals surface area contributed by atoms with Crippen molar-refractivity contribution in [2.45, 2.75) is 38.9 Å². The molecule has 106 valence electrons. The van der Waals surface area contributed by atoms with Crippen LogP contribution in [0.2, 0.25) is 0 Å². The molecule has 0 unspecified atom stereocenters. The van der Waals surface area contributed by atoms with Crippen LogP contribution >= 0.6 is 0 Å². The van der Waals surface area contributed by atoms with Crippen LogP contribution in [0.15, 0.2) is 18.3 Å². The maximum atomic E-state index is 12.0. The highest BCUT2D eigenvalue weighted by atomic mass is 16.5. The summed E-state index contributed by atoms with van der Waals surface area (Å²) in [5.74, 6) is 0.0841. The van der Waals surface area contributed by atoms with E-state index in [2.05, 4.69) is 17.6 Å². The minimum absolute atomic E-state index is 0.0841. The number of nitrogens with one attached hydrogen (secondary N) is 2. The van der Waals surface area contributed by atoms with Crippen molar-refractivity contribution in [3.8, 4) is 0 Å². The van der Waals surface area contributed by atoms with Gasteiger partial charge in [0.1, 0.15) is 6.54 Å². The first-order chi connectivity index (χ1) is 9.29. The molecular formula is C14H23N3O2. The van der Waals surface area contributed by atoms with Crippen LogP contribution in [-0.2, 0) is 22.6 Å². The van der Waals surface area contributed by atoms with Crippen LogP contribution in [0.25, 0.3) is 0 Å². The van der Waals surface area contributed by atoms with Crippen molar-refractivity contribution < 1.29 is 9.53 Å². The zero-order valence-corrected chi connectivity index (χ0v) is 11.5. The van der Waals surface area contributed by atoms with Gasteiger partial charge in [-0.15, -0.1) is 0 Å². The van der Waals surface area contributed by atoms with Crippen LogP contribution in [0.4, 0.5) is 0 Å². The molecule has 5 nitrogen and oxygen atoms in total. The van der Waals surface area contributed by atoms with Gasteiger partial charge in [-0.3, -0.25) is 4.79 Å². The highest BCUT2D eigenvalue weighted by molar-refractivity contribution is 5.76. The zero-order chi connectivity index (χ0) is 13.5. The molecule has 1 fully saturated rings. The SMILES string of the molecule is CCNCc1cccn1CC(=O)NC1CCOCC1. The van der Waals surface area contributed by atoms with E-state index in [1.807, 2.05) is 22.9 Å². The number of carbonyl (C=O) groups is 1. The van der Waals surface area contributed by atoms with E-state index in [0.717, 1.165) is 44.8 Å². The quantitative estimate of drug-likeness (QED) is 0.803. The molecule has 1 aromatic heterocycles. The van der Waals surface area contributed by atoms with Crippen LogP contribution in [0, 0.1) is 0 Å². The van der Waals surface area contributed by atoms with Gasteiger partial charge < -0.3 is 19.9 Å². The number of carbonyl (C=O) groups excluding carboxylic acids is 1. The minimum Gasteiger partial charge on any atom is -0.381 e. The van der Waals surface area contributed by atoms with Gasteiger partial charge in [-0.1, -0.05) is 6.92 Å². The van der Waals surface area contributed by atoms with Gasteiger partial charge >= 0.3 is 0 Å². The van der Waals surface area contributed by atoms with Gasteiger partial charge in [0, 0.05) is 37.7 Å². The van der Waals surface area contributed by atoms with Crippen molar-refractivity contribution in [2.24, 2.45) is 0 Å². The zero-order valence-electron chi connectivity index (χ0n) is 11.5. The van der Waals surface area contributed by atoms with Gasteiger partial charge in [-0.25, -0.2) is 0 Å². The van der Waals surface area contributed by atoms with Gasteiger partial charge in [-0.05, 0) is 31.5 Å². The molecule has 0 saturated carbocycles. The van der Waals surface area contributed by atoms with E-state index >= 15 is 0 Å². The Hall–Kier alpha value is -1.33. The highest BCUT2D eigenvalue weighted by Crippen LogP contribution is 2.07. The molecule has 0 bridgehead atoms. The summed E-state index contributed by atoms with van der Waals surface area (Å²) in [6.07, 6.45) is 3.79. The van der Waals surface area contributed by atoms with Gasteiger partial charge in [-0.2, -0.15) is 0 Å². The second kappa shape index (κ2) is 7.31. The second-order valence-corrected chi connectivity index (χ2v) is 4.86. The largest absolute Gasteiger partial charge is 0.381 e. The molecule has 1 aliphatic heterocycles. The average molecular weight is 265 g/mol. The van der Waals surface area contributed by atoms with Crippen LogP contribution in [0.5, 0.6) is 0 Å². The van der Waals surface area contributed by atoms with Gasteiger partial charge in [0.2, 0.25) is 5.91 Å². The van der Waals surface area contributed by atoms with Gasteiger partial charge in [0.05, 0.1) is 0 Å². The maximum Gasteiger partial charge on any atom is 0.240 e. The Kier molecular flexibility index (Phi) is 5.42. The van der Waals surface area contributed by atoms with Crippen LogP contribution in [-0.4, -0.2) is 36.3 Å². The molecule has 0 aliphatic carbocycles. The first-order valence-electron chi connectivity index (χ1n) is 7.01. The molecule has 1 amide bonds. The molecule has 2 N–H and O–H groups in total. The Morgan fingerprint density at radius 2 is 2.26 bits per heavy atom. The van der Waals surface area contributed by atoms with E-state index in [1.165, 1.54) is 0 Å². The van der Waals surface area contributed by atoms with E-state index in [9.17, 15) is 4.79 Å². The van der Waals surface area contributed by atoms with Crippen molar-refractivity contribution in [3.63, 3.8) is 0 Å². The molecule has 1 saturated heterocycles. The molecule has 0 aromatic carbocycles. The summed E-state index contributed by atoms with van der Waals surface area (Å²) in [7, 11) is 0. The van der Waals surface area contributed by atoms with E-state index in [-0.39, 0.29) is 11.9 Å². The summed E-state index contributed by atoms with van der Waals surface area (Å²) in [6, 6.07) is 4.30. The monoisotopic (exact) mass is 265 g/mol. The summed E-state index contributed by atoms with van der Waals surface area (Å²) < 4.78 is 7.28. The first kappa shape index (κ1) is 14.1. The lowest BCUT2D eigenvalue weighted by Gasteiger charge is -2.23. The third-order valence-electron chi connectivity index (χ3n) is 3.38. The Labute approximate surface area is 114 Å². The predicted molar refractivity (Wildman–Crippen MR) is 73.8 cm³/mol. The molecule has 1 aliphatic rings. The molecule has 2 rings (SSSR count). The Bertz CT molecular complexity index is 397. The molecule has 2 heterocycles. The van der Waals surface area contributed by atoms with E-state index < -0.39 is 0 Å². The summed E-state index contributed by atoms with van der Waals surface area (Å²) in [4.78, 5) is 12.0. The molecule has 5 heteroatoms. The Balaban J connectivity index is 1.82. The normalized spacial score (nSPS) is 16.5. The van der Waals surface area contributed by atoms with Crippen molar-refractivity contribution in [2.75, 3.05) is 19.8 Å². The van der Waals surface area contributed by atoms with E-state index in [4.69, 9.17) is 4.74 Å². The van der Waals surface area contributed by atoms with E-state index in [0.29, 0.717) is 6.54 Å². The fraction of sp³-hybridized carbons (Fsp3) is 0.643. The molecule has 0 spiro atoms. The summed E-state index contributed by atoms with van der Waals surface area (Å²) >= 11 is 0. The molecular weight excluding hydrogens is 242 g/mol. The first-order valence-corrected chi connectivity index (χ1v) is 7.01. The number of nitrogens with zero attached hydrogens (tertiary/aromatic N) is 1. The van der Waals surface area contributed by atoms with Crippen LogP contribution < -0.4 is 10.6 Å². The van der Waals surface area contributed by atoms with Crippen LogP contribution in [0.1, 0.15) is 25.5 Å². The summed E-state index contributed by atoms with van der Waals surface area (Å²) in [5.41, 5.74) is 1.14. The number of amides is 1. The molecule has 19 heavy (non-hydrogen) atoms. The Morgan fingerprint density at radius 1 is 1.47 bits per heavy atom. The van der Waals surface area contributed by atoms with Gasteiger partial charge in [0.15, 0.2) is 0 Å². The number of hydrogen-bond donors (Lipinski definition) is 2. The fourth-order valence-corrected chi connectivity index (χ4v) is 2.29. The lowest BCUT2D eigenvalue weighted by Crippen LogP contribution is -2.40. The van der Waals surface area contributed by atoms with Crippen molar-refractivity contribution in [1.82, 2.24) is 15.2 Å². The smallest absolute Gasteiger partial charge is 0.240 e. The summed E-state index contributed by atoms with van der Waals surface area (Å²) in [6.45, 7) is 5.70. The average Bonchev–Trinajstić information content (AvgIpc) is 2.84. The third-order valence-corrected chi connectivity index (χ3v) is 3.38. The summed E-state index contributed by atoms with van der Waals surface area (Å²) in [5, 5.41) is 6.36. The number of ether oxygens (including phenoxy) is 1. The standard InChI is InChI=1S/C14H23N3O2/c1-2-15-10-13-4-3-7-17(13)11-14(18)16-12-5-8-19-9-6-12/h3-4,7,12,15H,2,5-6,8-11H2,1H3,(H,16,18). The lowest BCUT2D eigenvalue weighted by molar-refractivity contribution is -0.123. The van der Waals surface area contributed by atoms with Crippen molar-refractivity contribution >= 4 is 5.91 Å². The Morgan fingerprint density at radius 3 is 3.00 bits per heavy atom. The highest BCUT2D eigenvalue weighted by Gasteiger charge is 2.16. The van der Waals surface area contributed by atoms with Gasteiger partial charge in [0.25, 0.3) is 0 Å². The fourth-order valence-electron chi connectivity index (χ4n) is 2.29. The number of aromatic nitrogens is 1. The topological polar surface area (TPSA) is 55.3 Å².